The summed E-state index contributed by atoms with van der Waals surface area (Å²) in [6.07, 6.45) is 4.10. The van der Waals surface area contributed by atoms with Gasteiger partial charge in [-0.15, -0.1) is 12.4 Å². The number of halogens is 1. The molecule has 0 atom stereocenters. The van der Waals surface area contributed by atoms with E-state index in [0.29, 0.717) is 11.4 Å². The van der Waals surface area contributed by atoms with E-state index < -0.39 is 10.0 Å². The molecule has 0 fully saturated rings. The van der Waals surface area contributed by atoms with E-state index in [2.05, 4.69) is 33.9 Å². The van der Waals surface area contributed by atoms with Gasteiger partial charge in [-0.2, -0.15) is 0 Å². The minimum atomic E-state index is -3.51. The van der Waals surface area contributed by atoms with Crippen molar-refractivity contribution in [3.8, 4) is 0 Å². The van der Waals surface area contributed by atoms with Gasteiger partial charge in [0.1, 0.15) is 0 Å². The van der Waals surface area contributed by atoms with Crippen LogP contribution < -0.4 is 4.72 Å². The summed E-state index contributed by atoms with van der Waals surface area (Å²) < 4.78 is 28.5. The predicted octanol–water partition coefficient (Wildman–Crippen LogP) is 5.08. The molecule has 3 aromatic rings. The van der Waals surface area contributed by atoms with Crippen LogP contribution in [0.2, 0.25) is 0 Å². The Morgan fingerprint density at radius 2 is 1.58 bits per heavy atom. The first-order valence-corrected chi connectivity index (χ1v) is 12.3. The van der Waals surface area contributed by atoms with Crippen molar-refractivity contribution in [3.63, 3.8) is 0 Å². The number of aryl methyl sites for hydroxylation is 1. The fourth-order valence-electron chi connectivity index (χ4n) is 4.32. The second-order valence-corrected chi connectivity index (χ2v) is 9.91. The van der Waals surface area contributed by atoms with Crippen molar-refractivity contribution in [2.75, 3.05) is 19.6 Å². The quantitative estimate of drug-likeness (QED) is 0.479. The standard InChI is InChI=1S/C25H30N2O2S.ClH/c1-20-13-14-25(24-12-6-5-11-23(20)24)30(28,29)26-16-7-2-8-17-27-18-15-21-9-3-4-10-22(21)19-27;/h3-6,9-14,26H,2,7-8,15-19H2,1H3;1H. The lowest BCUT2D eigenvalue weighted by molar-refractivity contribution is 0.248. The molecule has 166 valence electrons. The van der Waals surface area contributed by atoms with Gasteiger partial charge in [-0.05, 0) is 60.9 Å². The molecule has 0 unspecified atom stereocenters. The molecule has 4 nitrogen and oxygen atoms in total. The lowest BCUT2D eigenvalue weighted by Crippen LogP contribution is -2.31. The fourth-order valence-corrected chi connectivity index (χ4v) is 5.61. The van der Waals surface area contributed by atoms with Gasteiger partial charge in [-0.1, -0.05) is 61.0 Å². The van der Waals surface area contributed by atoms with Crippen LogP contribution in [-0.2, 0) is 23.0 Å². The smallest absolute Gasteiger partial charge is 0.241 e. The van der Waals surface area contributed by atoms with Gasteiger partial charge < -0.3 is 0 Å². The number of nitrogens with zero attached hydrogens (tertiary/aromatic N) is 1. The number of unbranched alkanes of at least 4 members (excludes halogenated alkanes) is 2. The Morgan fingerprint density at radius 3 is 2.39 bits per heavy atom. The number of rotatable bonds is 8. The van der Waals surface area contributed by atoms with Crippen LogP contribution in [-0.4, -0.2) is 33.0 Å². The molecule has 0 amide bonds. The molecule has 0 radical (unpaired) electrons. The monoisotopic (exact) mass is 458 g/mol. The molecule has 3 aromatic carbocycles. The average molecular weight is 459 g/mol. The van der Waals surface area contributed by atoms with E-state index in [1.165, 1.54) is 11.1 Å². The van der Waals surface area contributed by atoms with Crippen molar-refractivity contribution in [1.29, 1.82) is 0 Å². The summed E-state index contributed by atoms with van der Waals surface area (Å²) in [5.74, 6) is 0. The molecule has 0 bridgehead atoms. The van der Waals surface area contributed by atoms with E-state index in [-0.39, 0.29) is 12.4 Å². The summed E-state index contributed by atoms with van der Waals surface area (Å²) in [5, 5.41) is 1.78. The molecule has 1 aliphatic heterocycles. The van der Waals surface area contributed by atoms with Gasteiger partial charge in [0.15, 0.2) is 0 Å². The summed E-state index contributed by atoms with van der Waals surface area (Å²) in [6.45, 7) is 5.71. The summed E-state index contributed by atoms with van der Waals surface area (Å²) in [5.41, 5.74) is 4.01. The maximum absolute atomic E-state index is 12.8. The van der Waals surface area contributed by atoms with E-state index in [4.69, 9.17) is 0 Å². The van der Waals surface area contributed by atoms with Gasteiger partial charge in [-0.3, -0.25) is 4.90 Å². The molecule has 31 heavy (non-hydrogen) atoms. The van der Waals surface area contributed by atoms with Crippen LogP contribution in [0.4, 0.5) is 0 Å². The zero-order chi connectivity index (χ0) is 21.0. The minimum Gasteiger partial charge on any atom is -0.299 e. The summed E-state index contributed by atoms with van der Waals surface area (Å²) in [6, 6.07) is 20.0. The Kier molecular flexibility index (Phi) is 8.11. The molecule has 1 N–H and O–H groups in total. The normalized spacial score (nSPS) is 14.2. The van der Waals surface area contributed by atoms with E-state index in [0.717, 1.165) is 61.7 Å². The van der Waals surface area contributed by atoms with Crippen molar-refractivity contribution >= 4 is 33.2 Å². The Labute approximate surface area is 192 Å². The van der Waals surface area contributed by atoms with E-state index in [1.807, 2.05) is 37.3 Å². The van der Waals surface area contributed by atoms with Crippen molar-refractivity contribution in [2.45, 2.75) is 44.0 Å². The number of nitrogens with one attached hydrogen (secondary N) is 1. The number of fused-ring (bicyclic) bond motifs is 2. The van der Waals surface area contributed by atoms with Gasteiger partial charge in [0.05, 0.1) is 4.90 Å². The molecule has 4 rings (SSSR count). The second-order valence-electron chi connectivity index (χ2n) is 8.18. The van der Waals surface area contributed by atoms with Gasteiger partial charge in [-0.25, -0.2) is 13.1 Å². The Morgan fingerprint density at radius 1 is 0.871 bits per heavy atom. The molecule has 0 aromatic heterocycles. The highest BCUT2D eigenvalue weighted by molar-refractivity contribution is 7.89. The van der Waals surface area contributed by atoms with E-state index in [9.17, 15) is 8.42 Å². The molecule has 1 aliphatic rings. The zero-order valence-electron chi connectivity index (χ0n) is 18.0. The highest BCUT2D eigenvalue weighted by Gasteiger charge is 2.18. The van der Waals surface area contributed by atoms with Crippen molar-refractivity contribution < 1.29 is 8.42 Å². The van der Waals surface area contributed by atoms with Gasteiger partial charge in [0.25, 0.3) is 0 Å². The third-order valence-electron chi connectivity index (χ3n) is 6.04. The third-order valence-corrected chi connectivity index (χ3v) is 7.56. The fraction of sp³-hybridized carbons (Fsp3) is 0.360. The lowest BCUT2D eigenvalue weighted by Gasteiger charge is -2.28. The minimum absolute atomic E-state index is 0. The molecule has 0 saturated carbocycles. The first-order chi connectivity index (χ1) is 14.5. The Hall–Kier alpha value is -1.92. The molecule has 1 heterocycles. The van der Waals surface area contributed by atoms with Crippen LogP contribution in [0.25, 0.3) is 10.8 Å². The molecule has 0 saturated heterocycles. The van der Waals surface area contributed by atoms with Gasteiger partial charge in [0, 0.05) is 25.0 Å². The topological polar surface area (TPSA) is 49.4 Å². The first-order valence-electron chi connectivity index (χ1n) is 10.8. The van der Waals surface area contributed by atoms with E-state index >= 15 is 0 Å². The number of sulfonamides is 1. The van der Waals surface area contributed by atoms with Crippen LogP contribution in [0.3, 0.4) is 0 Å². The number of benzene rings is 3. The van der Waals surface area contributed by atoms with Gasteiger partial charge in [0.2, 0.25) is 10.0 Å². The van der Waals surface area contributed by atoms with E-state index in [1.54, 1.807) is 6.07 Å². The first kappa shape index (κ1) is 23.7. The van der Waals surface area contributed by atoms with Crippen LogP contribution >= 0.6 is 12.4 Å². The maximum atomic E-state index is 12.8. The summed E-state index contributed by atoms with van der Waals surface area (Å²) in [4.78, 5) is 2.88. The number of hydrogen-bond acceptors (Lipinski definition) is 3. The summed E-state index contributed by atoms with van der Waals surface area (Å²) in [7, 11) is -3.51. The Balaban J connectivity index is 0.00000272. The highest BCUT2D eigenvalue weighted by Crippen LogP contribution is 2.25. The molecule has 0 aliphatic carbocycles. The molecular weight excluding hydrogens is 428 g/mol. The summed E-state index contributed by atoms with van der Waals surface area (Å²) >= 11 is 0. The second kappa shape index (κ2) is 10.6. The van der Waals surface area contributed by atoms with Crippen molar-refractivity contribution in [1.82, 2.24) is 9.62 Å². The van der Waals surface area contributed by atoms with Crippen LogP contribution in [0.15, 0.2) is 65.6 Å². The van der Waals surface area contributed by atoms with Gasteiger partial charge >= 0.3 is 0 Å². The lowest BCUT2D eigenvalue weighted by atomic mass is 10.00. The highest BCUT2D eigenvalue weighted by atomic mass is 35.5. The number of hydrogen-bond donors (Lipinski definition) is 1. The largest absolute Gasteiger partial charge is 0.299 e. The SMILES string of the molecule is Cc1ccc(S(=O)(=O)NCCCCCN2CCc3ccccc3C2)c2ccccc12.Cl. The predicted molar refractivity (Wildman–Crippen MR) is 130 cm³/mol. The maximum Gasteiger partial charge on any atom is 0.241 e. The Bertz CT molecular complexity index is 1130. The van der Waals surface area contributed by atoms with Crippen LogP contribution in [0.5, 0.6) is 0 Å². The third kappa shape index (κ3) is 5.66. The molecule has 6 heteroatoms. The molecule has 0 spiro atoms. The van der Waals surface area contributed by atoms with Crippen LogP contribution in [0.1, 0.15) is 36.0 Å². The molecular formula is C25H31ClN2O2S. The van der Waals surface area contributed by atoms with Crippen molar-refractivity contribution in [2.24, 2.45) is 0 Å². The average Bonchev–Trinajstić information content (AvgIpc) is 2.76. The zero-order valence-corrected chi connectivity index (χ0v) is 19.6. The van der Waals surface area contributed by atoms with Crippen LogP contribution in [0, 0.1) is 6.92 Å². The van der Waals surface area contributed by atoms with Crippen molar-refractivity contribution in [3.05, 3.63) is 77.4 Å².